The molecule has 0 aliphatic carbocycles. The molecule has 0 fully saturated rings. The number of nitriles is 1. The molecule has 0 aliphatic rings. The van der Waals surface area contributed by atoms with Gasteiger partial charge in [0.1, 0.15) is 6.61 Å². The van der Waals surface area contributed by atoms with E-state index in [1.807, 2.05) is 13.0 Å². The largest absolute Gasteiger partial charge is 0.490 e. The standard InChI is InChI=1S/C16H13BrN2O4/c1-2-22-15-8-12(9-18)7-14(17)16(15)23-10-11-4-3-5-13(6-11)19(20)21/h3-8H,2,10H2,1H3. The Kier molecular flexibility index (Phi) is 5.55. The van der Waals surface area contributed by atoms with Gasteiger partial charge in [0.2, 0.25) is 0 Å². The first-order valence-corrected chi connectivity index (χ1v) is 7.57. The third-order valence-electron chi connectivity index (χ3n) is 2.94. The number of nitro groups is 1. The summed E-state index contributed by atoms with van der Waals surface area (Å²) in [5.74, 6) is 0.904. The summed E-state index contributed by atoms with van der Waals surface area (Å²) in [6, 6.07) is 11.5. The number of hydrogen-bond acceptors (Lipinski definition) is 5. The minimum Gasteiger partial charge on any atom is -0.490 e. The predicted molar refractivity (Wildman–Crippen MR) is 87.5 cm³/mol. The lowest BCUT2D eigenvalue weighted by Crippen LogP contribution is -2.01. The van der Waals surface area contributed by atoms with E-state index in [0.717, 1.165) is 0 Å². The highest BCUT2D eigenvalue weighted by molar-refractivity contribution is 9.10. The third-order valence-corrected chi connectivity index (χ3v) is 3.53. The van der Waals surface area contributed by atoms with Gasteiger partial charge in [-0.2, -0.15) is 5.26 Å². The van der Waals surface area contributed by atoms with Gasteiger partial charge >= 0.3 is 0 Å². The molecule has 0 heterocycles. The summed E-state index contributed by atoms with van der Waals surface area (Å²) >= 11 is 3.36. The number of rotatable bonds is 6. The summed E-state index contributed by atoms with van der Waals surface area (Å²) in [5.41, 5.74) is 1.12. The summed E-state index contributed by atoms with van der Waals surface area (Å²) < 4.78 is 11.8. The van der Waals surface area contributed by atoms with Crippen molar-refractivity contribution in [2.75, 3.05) is 6.61 Å². The zero-order valence-corrected chi connectivity index (χ0v) is 13.9. The number of benzene rings is 2. The molecule has 2 aromatic carbocycles. The van der Waals surface area contributed by atoms with E-state index in [4.69, 9.17) is 14.7 Å². The average Bonchev–Trinajstić information content (AvgIpc) is 2.54. The Balaban J connectivity index is 2.25. The molecule has 0 saturated heterocycles. The Labute approximate surface area is 141 Å². The van der Waals surface area contributed by atoms with Crippen LogP contribution in [0.25, 0.3) is 0 Å². The lowest BCUT2D eigenvalue weighted by molar-refractivity contribution is -0.384. The summed E-state index contributed by atoms with van der Waals surface area (Å²) in [7, 11) is 0. The van der Waals surface area contributed by atoms with Gasteiger partial charge in [-0.1, -0.05) is 12.1 Å². The molecule has 2 rings (SSSR count). The third kappa shape index (κ3) is 4.20. The van der Waals surface area contributed by atoms with Crippen molar-refractivity contribution < 1.29 is 14.4 Å². The summed E-state index contributed by atoms with van der Waals surface area (Å²) in [5, 5.41) is 19.8. The van der Waals surface area contributed by atoms with Crippen LogP contribution in [0.3, 0.4) is 0 Å². The Morgan fingerprint density at radius 1 is 1.30 bits per heavy atom. The van der Waals surface area contributed by atoms with Crippen LogP contribution in [-0.4, -0.2) is 11.5 Å². The second-order valence-electron chi connectivity index (χ2n) is 4.55. The SMILES string of the molecule is CCOc1cc(C#N)cc(Br)c1OCc1cccc([N+](=O)[O-])c1. The second-order valence-corrected chi connectivity index (χ2v) is 5.40. The number of nitro benzene ring substituents is 1. The van der Waals surface area contributed by atoms with Crippen molar-refractivity contribution >= 4 is 21.6 Å². The highest BCUT2D eigenvalue weighted by Gasteiger charge is 2.13. The molecular weight excluding hydrogens is 364 g/mol. The average molecular weight is 377 g/mol. The number of halogens is 1. The van der Waals surface area contributed by atoms with Crippen LogP contribution >= 0.6 is 15.9 Å². The lowest BCUT2D eigenvalue weighted by Gasteiger charge is -2.14. The van der Waals surface area contributed by atoms with Gasteiger partial charge in [-0.05, 0) is 34.5 Å². The van der Waals surface area contributed by atoms with Crippen LogP contribution in [0, 0.1) is 21.4 Å². The molecule has 0 radical (unpaired) electrons. The first kappa shape index (κ1) is 16.8. The highest BCUT2D eigenvalue weighted by Crippen LogP contribution is 2.37. The van der Waals surface area contributed by atoms with E-state index in [9.17, 15) is 10.1 Å². The van der Waals surface area contributed by atoms with Crippen molar-refractivity contribution in [1.29, 1.82) is 5.26 Å². The minimum atomic E-state index is -0.452. The molecule has 0 unspecified atom stereocenters. The first-order chi connectivity index (χ1) is 11.0. The van der Waals surface area contributed by atoms with E-state index in [1.54, 1.807) is 24.3 Å². The number of non-ortho nitro benzene ring substituents is 1. The van der Waals surface area contributed by atoms with Crippen molar-refractivity contribution in [3.8, 4) is 17.6 Å². The zero-order chi connectivity index (χ0) is 16.8. The van der Waals surface area contributed by atoms with Crippen LogP contribution in [0.5, 0.6) is 11.5 Å². The Hall–Kier alpha value is -2.59. The second kappa shape index (κ2) is 7.61. The highest BCUT2D eigenvalue weighted by atomic mass is 79.9. The summed E-state index contributed by atoms with van der Waals surface area (Å²) in [6.45, 7) is 2.40. The van der Waals surface area contributed by atoms with Crippen molar-refractivity contribution in [1.82, 2.24) is 0 Å². The molecular formula is C16H13BrN2O4. The van der Waals surface area contributed by atoms with E-state index >= 15 is 0 Å². The smallest absolute Gasteiger partial charge is 0.269 e. The molecule has 0 bridgehead atoms. The molecule has 7 heteroatoms. The molecule has 0 N–H and O–H groups in total. The minimum absolute atomic E-state index is 0.00928. The maximum absolute atomic E-state index is 10.8. The van der Waals surface area contributed by atoms with E-state index < -0.39 is 4.92 Å². The zero-order valence-electron chi connectivity index (χ0n) is 12.3. The molecule has 0 aliphatic heterocycles. The molecule has 0 amide bonds. The monoisotopic (exact) mass is 376 g/mol. The van der Waals surface area contributed by atoms with Gasteiger partial charge in [-0.25, -0.2) is 0 Å². The molecule has 23 heavy (non-hydrogen) atoms. The van der Waals surface area contributed by atoms with Crippen molar-refractivity contribution in [3.05, 3.63) is 62.1 Å². The molecule has 2 aromatic rings. The van der Waals surface area contributed by atoms with E-state index in [1.165, 1.54) is 12.1 Å². The van der Waals surface area contributed by atoms with Gasteiger partial charge in [0.05, 0.1) is 27.6 Å². The van der Waals surface area contributed by atoms with E-state index in [-0.39, 0.29) is 12.3 Å². The van der Waals surface area contributed by atoms with Gasteiger partial charge in [0.15, 0.2) is 11.5 Å². The van der Waals surface area contributed by atoms with Crippen LogP contribution in [-0.2, 0) is 6.61 Å². The van der Waals surface area contributed by atoms with Crippen LogP contribution in [0.4, 0.5) is 5.69 Å². The van der Waals surface area contributed by atoms with E-state index in [2.05, 4.69) is 15.9 Å². The van der Waals surface area contributed by atoms with Gasteiger partial charge in [0.25, 0.3) is 5.69 Å². The summed E-state index contributed by atoms with van der Waals surface area (Å²) in [6.07, 6.45) is 0. The van der Waals surface area contributed by atoms with Crippen molar-refractivity contribution in [2.45, 2.75) is 13.5 Å². The van der Waals surface area contributed by atoms with Gasteiger partial charge < -0.3 is 9.47 Å². The topological polar surface area (TPSA) is 85.4 Å². The quantitative estimate of drug-likeness (QED) is 0.556. The molecule has 0 saturated carbocycles. The van der Waals surface area contributed by atoms with Crippen LogP contribution in [0.2, 0.25) is 0 Å². The Morgan fingerprint density at radius 2 is 2.09 bits per heavy atom. The fourth-order valence-electron chi connectivity index (χ4n) is 1.95. The molecule has 118 valence electrons. The number of hydrogen-bond donors (Lipinski definition) is 0. The fourth-order valence-corrected chi connectivity index (χ4v) is 2.51. The maximum Gasteiger partial charge on any atom is 0.269 e. The van der Waals surface area contributed by atoms with Gasteiger partial charge in [0, 0.05) is 18.2 Å². The molecule has 0 aromatic heterocycles. The van der Waals surface area contributed by atoms with Crippen LogP contribution in [0.15, 0.2) is 40.9 Å². The number of ether oxygens (including phenoxy) is 2. The summed E-state index contributed by atoms with van der Waals surface area (Å²) in [4.78, 5) is 10.3. The van der Waals surface area contributed by atoms with Crippen molar-refractivity contribution in [2.24, 2.45) is 0 Å². The van der Waals surface area contributed by atoms with Gasteiger partial charge in [-0.15, -0.1) is 0 Å². The Morgan fingerprint density at radius 3 is 2.74 bits per heavy atom. The van der Waals surface area contributed by atoms with Crippen LogP contribution in [0.1, 0.15) is 18.1 Å². The molecule has 0 atom stereocenters. The lowest BCUT2D eigenvalue weighted by atomic mass is 10.2. The first-order valence-electron chi connectivity index (χ1n) is 6.77. The molecule has 0 spiro atoms. The maximum atomic E-state index is 10.8. The van der Waals surface area contributed by atoms with Crippen LogP contribution < -0.4 is 9.47 Å². The van der Waals surface area contributed by atoms with Crippen molar-refractivity contribution in [3.63, 3.8) is 0 Å². The number of nitrogens with zero attached hydrogens (tertiary/aromatic N) is 2. The van der Waals surface area contributed by atoms with E-state index in [0.29, 0.717) is 33.7 Å². The van der Waals surface area contributed by atoms with Gasteiger partial charge in [-0.3, -0.25) is 10.1 Å². The normalized spacial score (nSPS) is 9.96. The Bertz CT molecular complexity index is 771. The molecule has 6 nitrogen and oxygen atoms in total. The predicted octanol–water partition coefficient (Wildman–Crippen LogP) is 4.21. The fraction of sp³-hybridized carbons (Fsp3) is 0.188.